The van der Waals surface area contributed by atoms with Crippen molar-refractivity contribution in [2.45, 2.75) is 40.2 Å². The average molecular weight is 210 g/mol. The molecule has 1 aromatic rings. The van der Waals surface area contributed by atoms with Crippen LogP contribution in [0.15, 0.2) is 12.4 Å². The Morgan fingerprint density at radius 2 is 2.27 bits per heavy atom. The van der Waals surface area contributed by atoms with Gasteiger partial charge in [-0.25, -0.2) is 0 Å². The van der Waals surface area contributed by atoms with Gasteiger partial charge in [0.05, 0.1) is 12.6 Å². The Morgan fingerprint density at radius 3 is 2.73 bits per heavy atom. The number of hydrogen-bond donors (Lipinski definition) is 1. The van der Waals surface area contributed by atoms with Crippen LogP contribution in [-0.2, 0) is 17.8 Å². The van der Waals surface area contributed by atoms with Crippen molar-refractivity contribution in [3.05, 3.63) is 18.0 Å². The lowest BCUT2D eigenvalue weighted by atomic mass is 9.83. The first kappa shape index (κ1) is 11.8. The van der Waals surface area contributed by atoms with Gasteiger partial charge in [-0.3, -0.25) is 9.48 Å². The van der Waals surface area contributed by atoms with Crippen molar-refractivity contribution in [1.82, 2.24) is 9.78 Å². The van der Waals surface area contributed by atoms with Gasteiger partial charge in [0.15, 0.2) is 0 Å². The monoisotopic (exact) mass is 210 g/mol. The van der Waals surface area contributed by atoms with Crippen molar-refractivity contribution in [2.24, 2.45) is 5.41 Å². The van der Waals surface area contributed by atoms with E-state index in [1.54, 1.807) is 0 Å². The first-order chi connectivity index (χ1) is 6.93. The zero-order chi connectivity index (χ0) is 11.5. The number of rotatable bonds is 5. The lowest BCUT2D eigenvalue weighted by Crippen LogP contribution is -2.19. The Morgan fingerprint density at radius 1 is 1.60 bits per heavy atom. The maximum absolute atomic E-state index is 10.6. The molecule has 0 fully saturated rings. The standard InChI is InChI=1S/C11H18N2O2/c1-4-13-8-9(7-12-13)5-11(2,3)6-10(14)15/h7-8H,4-6H2,1-3H3,(H,14,15). The fourth-order valence-electron chi connectivity index (χ4n) is 1.70. The molecule has 1 aromatic heterocycles. The number of aliphatic carboxylic acids is 1. The average Bonchev–Trinajstić information content (AvgIpc) is 2.48. The minimum Gasteiger partial charge on any atom is -0.481 e. The summed E-state index contributed by atoms with van der Waals surface area (Å²) in [5.74, 6) is -0.747. The summed E-state index contributed by atoms with van der Waals surface area (Å²) >= 11 is 0. The highest BCUT2D eigenvalue weighted by molar-refractivity contribution is 5.67. The highest BCUT2D eigenvalue weighted by Gasteiger charge is 2.22. The third kappa shape index (κ3) is 3.73. The summed E-state index contributed by atoms with van der Waals surface area (Å²) in [4.78, 5) is 10.6. The summed E-state index contributed by atoms with van der Waals surface area (Å²) in [6.45, 7) is 6.80. The molecule has 0 atom stereocenters. The zero-order valence-electron chi connectivity index (χ0n) is 9.53. The molecule has 84 valence electrons. The second-order valence-electron chi connectivity index (χ2n) is 4.62. The first-order valence-electron chi connectivity index (χ1n) is 5.16. The van der Waals surface area contributed by atoms with Crippen LogP contribution < -0.4 is 0 Å². The van der Waals surface area contributed by atoms with E-state index in [0.717, 1.165) is 18.5 Å². The van der Waals surface area contributed by atoms with Crippen molar-refractivity contribution < 1.29 is 9.90 Å². The van der Waals surface area contributed by atoms with E-state index in [-0.39, 0.29) is 11.8 Å². The molecule has 0 radical (unpaired) electrons. The van der Waals surface area contributed by atoms with Gasteiger partial charge in [0, 0.05) is 12.7 Å². The van der Waals surface area contributed by atoms with Gasteiger partial charge in [0.2, 0.25) is 0 Å². The Kier molecular flexibility index (Phi) is 3.50. The molecule has 4 heteroatoms. The van der Waals surface area contributed by atoms with Crippen molar-refractivity contribution in [2.75, 3.05) is 0 Å². The molecule has 0 aromatic carbocycles. The minimum absolute atomic E-state index is 0.185. The van der Waals surface area contributed by atoms with Gasteiger partial charge in [-0.2, -0.15) is 5.10 Å². The number of aryl methyl sites for hydroxylation is 1. The summed E-state index contributed by atoms with van der Waals surface area (Å²) < 4.78 is 1.85. The molecule has 0 unspecified atom stereocenters. The van der Waals surface area contributed by atoms with Crippen molar-refractivity contribution in [3.63, 3.8) is 0 Å². The third-order valence-electron chi connectivity index (χ3n) is 2.32. The molecule has 0 saturated heterocycles. The molecule has 0 spiro atoms. The Bertz CT molecular complexity index is 342. The fraction of sp³-hybridized carbons (Fsp3) is 0.636. The fourth-order valence-corrected chi connectivity index (χ4v) is 1.70. The van der Waals surface area contributed by atoms with E-state index < -0.39 is 5.97 Å². The summed E-state index contributed by atoms with van der Waals surface area (Å²) in [6.07, 6.45) is 4.72. The second kappa shape index (κ2) is 4.47. The van der Waals surface area contributed by atoms with Crippen LogP contribution in [-0.4, -0.2) is 20.9 Å². The van der Waals surface area contributed by atoms with Crippen molar-refractivity contribution >= 4 is 5.97 Å². The van der Waals surface area contributed by atoms with Crippen LogP contribution in [0.5, 0.6) is 0 Å². The van der Waals surface area contributed by atoms with Gasteiger partial charge in [-0.1, -0.05) is 13.8 Å². The van der Waals surface area contributed by atoms with E-state index in [1.807, 2.05) is 37.8 Å². The highest BCUT2D eigenvalue weighted by Crippen LogP contribution is 2.25. The molecule has 1 heterocycles. The molecule has 0 amide bonds. The van der Waals surface area contributed by atoms with Crippen LogP contribution in [0.1, 0.15) is 32.8 Å². The van der Waals surface area contributed by atoms with Crippen LogP contribution in [0.3, 0.4) is 0 Å². The molecule has 0 aliphatic rings. The maximum Gasteiger partial charge on any atom is 0.303 e. The van der Waals surface area contributed by atoms with Crippen LogP contribution in [0, 0.1) is 5.41 Å². The summed E-state index contributed by atoms with van der Waals surface area (Å²) in [5, 5.41) is 12.9. The number of carbonyl (C=O) groups is 1. The molecular formula is C11H18N2O2. The number of carboxylic acids is 1. The summed E-state index contributed by atoms with van der Waals surface area (Å²) in [7, 11) is 0. The van der Waals surface area contributed by atoms with E-state index in [4.69, 9.17) is 5.11 Å². The van der Waals surface area contributed by atoms with E-state index in [1.165, 1.54) is 0 Å². The molecule has 1 rings (SSSR count). The van der Waals surface area contributed by atoms with E-state index in [9.17, 15) is 4.79 Å². The second-order valence-corrected chi connectivity index (χ2v) is 4.62. The number of carboxylic acid groups (broad SMARTS) is 1. The molecule has 0 saturated carbocycles. The third-order valence-corrected chi connectivity index (χ3v) is 2.32. The van der Waals surface area contributed by atoms with Gasteiger partial charge in [-0.05, 0) is 24.3 Å². The van der Waals surface area contributed by atoms with E-state index in [0.29, 0.717) is 0 Å². The van der Waals surface area contributed by atoms with E-state index >= 15 is 0 Å². The Labute approximate surface area is 89.9 Å². The smallest absolute Gasteiger partial charge is 0.303 e. The Balaban J connectivity index is 2.63. The number of aromatic nitrogens is 2. The topological polar surface area (TPSA) is 55.1 Å². The minimum atomic E-state index is -0.747. The largest absolute Gasteiger partial charge is 0.481 e. The maximum atomic E-state index is 10.6. The molecule has 0 aliphatic carbocycles. The molecule has 0 aliphatic heterocycles. The normalized spacial score (nSPS) is 11.7. The lowest BCUT2D eigenvalue weighted by molar-refractivity contribution is -0.139. The summed E-state index contributed by atoms with van der Waals surface area (Å²) in [6, 6.07) is 0. The lowest BCUT2D eigenvalue weighted by Gasteiger charge is -2.21. The Hall–Kier alpha value is -1.32. The zero-order valence-corrected chi connectivity index (χ0v) is 9.53. The quantitative estimate of drug-likeness (QED) is 0.808. The SMILES string of the molecule is CCn1cc(CC(C)(C)CC(=O)O)cn1. The van der Waals surface area contributed by atoms with Gasteiger partial charge >= 0.3 is 5.97 Å². The molecular weight excluding hydrogens is 192 g/mol. The number of hydrogen-bond acceptors (Lipinski definition) is 2. The molecule has 0 bridgehead atoms. The van der Waals surface area contributed by atoms with Crippen LogP contribution in [0.2, 0.25) is 0 Å². The van der Waals surface area contributed by atoms with Crippen LogP contribution in [0.25, 0.3) is 0 Å². The first-order valence-corrected chi connectivity index (χ1v) is 5.16. The van der Waals surface area contributed by atoms with Gasteiger partial charge in [0.1, 0.15) is 0 Å². The van der Waals surface area contributed by atoms with Crippen molar-refractivity contribution in [1.29, 1.82) is 0 Å². The molecule has 1 N–H and O–H groups in total. The van der Waals surface area contributed by atoms with Gasteiger partial charge in [0.25, 0.3) is 0 Å². The van der Waals surface area contributed by atoms with Gasteiger partial charge in [-0.15, -0.1) is 0 Å². The highest BCUT2D eigenvalue weighted by atomic mass is 16.4. The van der Waals surface area contributed by atoms with Gasteiger partial charge < -0.3 is 5.11 Å². The van der Waals surface area contributed by atoms with E-state index in [2.05, 4.69) is 5.10 Å². The van der Waals surface area contributed by atoms with Crippen LogP contribution in [0.4, 0.5) is 0 Å². The molecule has 15 heavy (non-hydrogen) atoms. The summed E-state index contributed by atoms with van der Waals surface area (Å²) in [5.41, 5.74) is 0.885. The predicted octanol–water partition coefficient (Wildman–Crippen LogP) is 1.95. The van der Waals surface area contributed by atoms with Crippen molar-refractivity contribution in [3.8, 4) is 0 Å². The molecule has 4 nitrogen and oxygen atoms in total. The predicted molar refractivity (Wildman–Crippen MR) is 57.6 cm³/mol. The van der Waals surface area contributed by atoms with Crippen LogP contribution >= 0.6 is 0 Å². The number of nitrogens with zero attached hydrogens (tertiary/aromatic N) is 2.